The van der Waals surface area contributed by atoms with Gasteiger partial charge in [0.2, 0.25) is 0 Å². The number of benzene rings is 1. The Hall–Kier alpha value is -1.56. The Balaban J connectivity index is 2.16. The van der Waals surface area contributed by atoms with E-state index in [1.807, 2.05) is 0 Å². The molecule has 98 valence electrons. The van der Waals surface area contributed by atoms with Crippen LogP contribution in [0.2, 0.25) is 0 Å². The molecule has 1 atom stereocenters. The van der Waals surface area contributed by atoms with Crippen molar-refractivity contribution in [2.75, 3.05) is 11.9 Å². The Bertz CT molecular complexity index is 439. The fourth-order valence-corrected chi connectivity index (χ4v) is 1.84. The first-order chi connectivity index (χ1) is 8.48. The zero-order valence-corrected chi connectivity index (χ0v) is 9.46. The molecule has 0 spiro atoms. The summed E-state index contributed by atoms with van der Waals surface area (Å²) in [6.07, 6.45) is -3.84. The van der Waals surface area contributed by atoms with E-state index in [4.69, 9.17) is 4.74 Å². The molecule has 1 saturated heterocycles. The van der Waals surface area contributed by atoms with Crippen LogP contribution in [-0.4, -0.2) is 18.6 Å². The zero-order valence-electron chi connectivity index (χ0n) is 9.46. The van der Waals surface area contributed by atoms with Crippen LogP contribution in [0.3, 0.4) is 0 Å². The number of nitrogens with one attached hydrogen (secondary N) is 1. The van der Waals surface area contributed by atoms with E-state index in [-0.39, 0.29) is 5.69 Å². The van der Waals surface area contributed by atoms with E-state index in [0.29, 0.717) is 13.0 Å². The van der Waals surface area contributed by atoms with Gasteiger partial charge in [0.25, 0.3) is 5.91 Å². The van der Waals surface area contributed by atoms with Crippen molar-refractivity contribution in [1.82, 2.24) is 0 Å². The van der Waals surface area contributed by atoms with Gasteiger partial charge in [0.05, 0.1) is 11.3 Å². The molecule has 1 aliphatic heterocycles. The molecule has 0 unspecified atom stereocenters. The highest BCUT2D eigenvalue weighted by Crippen LogP contribution is 2.34. The van der Waals surface area contributed by atoms with Crippen molar-refractivity contribution < 1.29 is 22.7 Å². The van der Waals surface area contributed by atoms with Crippen molar-refractivity contribution in [1.29, 1.82) is 0 Å². The second-order valence-electron chi connectivity index (χ2n) is 4.03. The minimum absolute atomic E-state index is 0.231. The molecule has 18 heavy (non-hydrogen) atoms. The van der Waals surface area contributed by atoms with Crippen LogP contribution in [0.5, 0.6) is 0 Å². The SMILES string of the molecule is O=C(Nc1ccccc1C(F)(F)F)[C@H]1CCCO1. The van der Waals surface area contributed by atoms with Gasteiger partial charge in [-0.3, -0.25) is 4.79 Å². The van der Waals surface area contributed by atoms with E-state index in [0.717, 1.165) is 12.5 Å². The van der Waals surface area contributed by atoms with Gasteiger partial charge in [0.15, 0.2) is 0 Å². The van der Waals surface area contributed by atoms with Crippen LogP contribution >= 0.6 is 0 Å². The third-order valence-electron chi connectivity index (χ3n) is 2.71. The Morgan fingerprint density at radius 3 is 2.67 bits per heavy atom. The molecular weight excluding hydrogens is 247 g/mol. The Labute approximate surface area is 102 Å². The van der Waals surface area contributed by atoms with Gasteiger partial charge in [-0.1, -0.05) is 12.1 Å². The highest BCUT2D eigenvalue weighted by atomic mass is 19.4. The van der Waals surface area contributed by atoms with E-state index in [2.05, 4.69) is 5.32 Å². The average molecular weight is 259 g/mol. The van der Waals surface area contributed by atoms with Crippen molar-refractivity contribution in [3.05, 3.63) is 29.8 Å². The maximum Gasteiger partial charge on any atom is 0.418 e. The maximum absolute atomic E-state index is 12.7. The summed E-state index contributed by atoms with van der Waals surface area (Å²) < 4.78 is 43.2. The molecule has 0 radical (unpaired) electrons. The van der Waals surface area contributed by atoms with Gasteiger partial charge in [-0.15, -0.1) is 0 Å². The van der Waals surface area contributed by atoms with E-state index in [9.17, 15) is 18.0 Å². The summed E-state index contributed by atoms with van der Waals surface area (Å²) in [6, 6.07) is 4.89. The number of anilines is 1. The van der Waals surface area contributed by atoms with E-state index < -0.39 is 23.8 Å². The highest BCUT2D eigenvalue weighted by molar-refractivity contribution is 5.95. The summed E-state index contributed by atoms with van der Waals surface area (Å²) in [7, 11) is 0. The first kappa shape index (κ1) is 12.9. The first-order valence-electron chi connectivity index (χ1n) is 5.57. The molecule has 1 aliphatic rings. The van der Waals surface area contributed by atoms with Crippen LogP contribution < -0.4 is 5.32 Å². The number of ether oxygens (including phenoxy) is 1. The Morgan fingerprint density at radius 1 is 1.33 bits per heavy atom. The lowest BCUT2D eigenvalue weighted by Crippen LogP contribution is -2.28. The van der Waals surface area contributed by atoms with Crippen molar-refractivity contribution in [2.24, 2.45) is 0 Å². The van der Waals surface area contributed by atoms with Crippen molar-refractivity contribution in [2.45, 2.75) is 25.1 Å². The van der Waals surface area contributed by atoms with Gasteiger partial charge in [-0.05, 0) is 25.0 Å². The molecule has 0 aliphatic carbocycles. The molecular formula is C12H12F3NO2. The summed E-state index contributed by atoms with van der Waals surface area (Å²) in [5.41, 5.74) is -1.08. The molecule has 0 saturated carbocycles. The second kappa shape index (κ2) is 4.97. The normalized spacial score (nSPS) is 19.8. The lowest BCUT2D eigenvalue weighted by Gasteiger charge is -2.15. The topological polar surface area (TPSA) is 38.3 Å². The maximum atomic E-state index is 12.7. The fraction of sp³-hybridized carbons (Fsp3) is 0.417. The summed E-state index contributed by atoms with van der Waals surface area (Å²) in [5, 5.41) is 2.28. The van der Waals surface area contributed by atoms with Crippen molar-refractivity contribution in [3.8, 4) is 0 Å². The second-order valence-corrected chi connectivity index (χ2v) is 4.03. The molecule has 3 nitrogen and oxygen atoms in total. The Kier molecular flexibility index (Phi) is 3.56. The van der Waals surface area contributed by atoms with Crippen LogP contribution in [0, 0.1) is 0 Å². The van der Waals surface area contributed by atoms with Crippen LogP contribution in [0.15, 0.2) is 24.3 Å². The van der Waals surface area contributed by atoms with Crippen molar-refractivity contribution >= 4 is 11.6 Å². The zero-order chi connectivity index (χ0) is 13.2. The summed E-state index contributed by atoms with van der Waals surface area (Å²) >= 11 is 0. The molecule has 1 aromatic rings. The highest BCUT2D eigenvalue weighted by Gasteiger charge is 2.34. The van der Waals surface area contributed by atoms with Gasteiger partial charge in [-0.2, -0.15) is 13.2 Å². The van der Waals surface area contributed by atoms with Crippen LogP contribution in [-0.2, 0) is 15.7 Å². The molecule has 0 bridgehead atoms. The lowest BCUT2D eigenvalue weighted by molar-refractivity contribution is -0.137. The monoisotopic (exact) mass is 259 g/mol. The van der Waals surface area contributed by atoms with Gasteiger partial charge >= 0.3 is 6.18 Å². The number of carbonyl (C=O) groups is 1. The number of halogens is 3. The third kappa shape index (κ3) is 2.81. The third-order valence-corrected chi connectivity index (χ3v) is 2.71. The summed E-state index contributed by atoms with van der Waals surface area (Å²) in [6.45, 7) is 0.471. The number of amides is 1. The van der Waals surface area contributed by atoms with Crippen LogP contribution in [0.4, 0.5) is 18.9 Å². The number of hydrogen-bond donors (Lipinski definition) is 1. The molecule has 1 heterocycles. The number of para-hydroxylation sites is 1. The summed E-state index contributed by atoms with van der Waals surface area (Å²) in [5.74, 6) is -0.524. The molecule has 1 fully saturated rings. The summed E-state index contributed by atoms with van der Waals surface area (Å²) in [4.78, 5) is 11.7. The first-order valence-corrected chi connectivity index (χ1v) is 5.57. The van der Waals surface area contributed by atoms with Gasteiger partial charge < -0.3 is 10.1 Å². The number of rotatable bonds is 2. The smallest absolute Gasteiger partial charge is 0.368 e. The number of alkyl halides is 3. The van der Waals surface area contributed by atoms with Gasteiger partial charge in [-0.25, -0.2) is 0 Å². The molecule has 6 heteroatoms. The minimum Gasteiger partial charge on any atom is -0.368 e. The number of hydrogen-bond acceptors (Lipinski definition) is 2. The van der Waals surface area contributed by atoms with E-state index in [1.54, 1.807) is 0 Å². The standard InChI is InChI=1S/C12H12F3NO2/c13-12(14,15)8-4-1-2-5-9(8)16-11(17)10-6-3-7-18-10/h1-2,4-5,10H,3,6-7H2,(H,16,17)/t10-/m1/s1. The van der Waals surface area contributed by atoms with E-state index >= 15 is 0 Å². The Morgan fingerprint density at radius 2 is 2.06 bits per heavy atom. The average Bonchev–Trinajstić information content (AvgIpc) is 2.81. The lowest BCUT2D eigenvalue weighted by atomic mass is 10.1. The number of carbonyl (C=O) groups excluding carboxylic acids is 1. The van der Waals surface area contributed by atoms with Crippen LogP contribution in [0.25, 0.3) is 0 Å². The van der Waals surface area contributed by atoms with Gasteiger partial charge in [0, 0.05) is 6.61 Å². The van der Waals surface area contributed by atoms with E-state index in [1.165, 1.54) is 18.2 Å². The predicted molar refractivity (Wildman–Crippen MR) is 59.0 cm³/mol. The van der Waals surface area contributed by atoms with Gasteiger partial charge in [0.1, 0.15) is 6.10 Å². The molecule has 0 aromatic heterocycles. The van der Waals surface area contributed by atoms with Crippen molar-refractivity contribution in [3.63, 3.8) is 0 Å². The molecule has 1 N–H and O–H groups in total. The predicted octanol–water partition coefficient (Wildman–Crippen LogP) is 2.82. The minimum atomic E-state index is -4.49. The molecule has 1 aromatic carbocycles. The fourth-order valence-electron chi connectivity index (χ4n) is 1.84. The quantitative estimate of drug-likeness (QED) is 0.886. The largest absolute Gasteiger partial charge is 0.418 e. The molecule has 1 amide bonds. The molecule has 2 rings (SSSR count). The van der Waals surface area contributed by atoms with Crippen LogP contribution in [0.1, 0.15) is 18.4 Å².